The number of nitrogens with zero attached hydrogens (tertiary/aromatic N) is 5. The molecular formula is C26H19ClF4N6O2S2. The molecule has 15 heteroatoms. The Morgan fingerprint density at radius 3 is 2.59 bits per heavy atom. The van der Waals surface area contributed by atoms with Crippen molar-refractivity contribution in [2.75, 3.05) is 6.54 Å². The van der Waals surface area contributed by atoms with Crippen LogP contribution in [-0.4, -0.2) is 46.5 Å². The van der Waals surface area contributed by atoms with Crippen LogP contribution in [0.2, 0.25) is 5.02 Å². The Hall–Kier alpha value is -3.59. The highest BCUT2D eigenvalue weighted by atomic mass is 35.5. The maximum Gasteiger partial charge on any atom is 0.333 e. The quantitative estimate of drug-likeness (QED) is 0.270. The fraction of sp³-hybridized carbons (Fsp3) is 0.192. The van der Waals surface area contributed by atoms with Gasteiger partial charge in [-0.1, -0.05) is 23.7 Å². The van der Waals surface area contributed by atoms with Gasteiger partial charge in [-0.3, -0.25) is 4.99 Å². The summed E-state index contributed by atoms with van der Waals surface area (Å²) in [6.07, 6.45) is 2.83. The second-order valence-corrected chi connectivity index (χ2v) is 12.3. The van der Waals surface area contributed by atoms with Gasteiger partial charge in [0, 0.05) is 58.6 Å². The minimum atomic E-state index is -4.12. The highest BCUT2D eigenvalue weighted by Crippen LogP contribution is 2.46. The van der Waals surface area contributed by atoms with Gasteiger partial charge < -0.3 is 4.90 Å². The van der Waals surface area contributed by atoms with Gasteiger partial charge in [0.05, 0.1) is 10.6 Å². The Kier molecular flexibility index (Phi) is 7.18. The maximum absolute atomic E-state index is 14.0. The van der Waals surface area contributed by atoms with Crippen LogP contribution < -0.4 is 4.72 Å². The molecule has 0 unspecified atom stereocenters. The van der Waals surface area contributed by atoms with Gasteiger partial charge in [-0.25, -0.2) is 31.6 Å². The first-order valence-electron chi connectivity index (χ1n) is 12.2. The number of aromatic nitrogens is 3. The van der Waals surface area contributed by atoms with Crippen molar-refractivity contribution >= 4 is 44.4 Å². The molecule has 8 nitrogen and oxygen atoms in total. The predicted molar refractivity (Wildman–Crippen MR) is 145 cm³/mol. The summed E-state index contributed by atoms with van der Waals surface area (Å²) in [7, 11) is -4.12. The molecule has 0 amide bonds. The van der Waals surface area contributed by atoms with E-state index in [1.807, 2.05) is 0 Å². The van der Waals surface area contributed by atoms with Gasteiger partial charge in [-0.15, -0.1) is 11.3 Å². The van der Waals surface area contributed by atoms with E-state index in [9.17, 15) is 26.0 Å². The first kappa shape index (κ1) is 27.6. The van der Waals surface area contributed by atoms with E-state index in [2.05, 4.69) is 14.8 Å². The van der Waals surface area contributed by atoms with Gasteiger partial charge in [0.25, 0.3) is 0 Å². The third kappa shape index (κ3) is 5.27. The summed E-state index contributed by atoms with van der Waals surface area (Å²) < 4.78 is 84.2. The molecule has 2 aliphatic rings. The Labute approximate surface area is 240 Å². The third-order valence-corrected chi connectivity index (χ3v) is 9.27. The Bertz CT molecular complexity index is 1790. The molecule has 41 heavy (non-hydrogen) atoms. The average Bonchev–Trinajstić information content (AvgIpc) is 3.69. The molecule has 2 aliphatic heterocycles. The summed E-state index contributed by atoms with van der Waals surface area (Å²) in [5.41, 5.74) is 1.54. The first-order chi connectivity index (χ1) is 19.6. The lowest BCUT2D eigenvalue weighted by Gasteiger charge is -2.32. The molecule has 0 saturated carbocycles. The largest absolute Gasteiger partial charge is 0.333 e. The molecule has 2 atom stereocenters. The van der Waals surface area contributed by atoms with Gasteiger partial charge >= 0.3 is 6.55 Å². The topological polar surface area (TPSA) is 92.5 Å². The van der Waals surface area contributed by atoms with Crippen molar-refractivity contribution in [3.63, 3.8) is 0 Å². The highest BCUT2D eigenvalue weighted by molar-refractivity contribution is 7.89. The zero-order chi connectivity index (χ0) is 28.9. The third-order valence-electron chi connectivity index (χ3n) is 6.65. The molecule has 6 rings (SSSR count). The van der Waals surface area contributed by atoms with E-state index in [4.69, 9.17) is 16.6 Å². The van der Waals surface area contributed by atoms with Crippen LogP contribution in [0.25, 0.3) is 5.57 Å². The van der Waals surface area contributed by atoms with Crippen LogP contribution in [0.1, 0.15) is 35.3 Å². The van der Waals surface area contributed by atoms with Crippen molar-refractivity contribution in [1.29, 1.82) is 0 Å². The first-order valence-corrected chi connectivity index (χ1v) is 14.9. The fourth-order valence-electron chi connectivity index (χ4n) is 4.95. The number of fused-ring (bicyclic) bond motifs is 1. The monoisotopic (exact) mass is 622 g/mol. The molecule has 1 N–H and O–H groups in total. The summed E-state index contributed by atoms with van der Waals surface area (Å²) in [4.78, 5) is 10.8. The van der Waals surface area contributed by atoms with Crippen molar-refractivity contribution in [2.45, 2.75) is 29.9 Å². The van der Waals surface area contributed by atoms with Gasteiger partial charge in [0.1, 0.15) is 17.7 Å². The maximum atomic E-state index is 14.0. The predicted octanol–water partition coefficient (Wildman–Crippen LogP) is 5.63. The van der Waals surface area contributed by atoms with Crippen LogP contribution in [0, 0.1) is 11.6 Å². The molecule has 212 valence electrons. The molecule has 1 fully saturated rings. The molecule has 4 heterocycles. The van der Waals surface area contributed by atoms with E-state index in [-0.39, 0.29) is 28.6 Å². The lowest BCUT2D eigenvalue weighted by molar-refractivity contribution is 0.0564. The molecule has 0 radical (unpaired) electrons. The molecule has 2 aromatic heterocycles. The summed E-state index contributed by atoms with van der Waals surface area (Å²) >= 11 is 7.76. The molecule has 2 aromatic carbocycles. The van der Waals surface area contributed by atoms with Gasteiger partial charge in [0.15, 0.2) is 10.8 Å². The summed E-state index contributed by atoms with van der Waals surface area (Å²) in [5.74, 6) is -0.859. The van der Waals surface area contributed by atoms with Crippen molar-refractivity contribution in [3.05, 3.63) is 105 Å². The van der Waals surface area contributed by atoms with E-state index in [0.29, 0.717) is 32.4 Å². The number of thiazole rings is 1. The summed E-state index contributed by atoms with van der Waals surface area (Å²) in [6.45, 7) is -2.78. The van der Waals surface area contributed by atoms with Crippen LogP contribution >= 0.6 is 22.9 Å². The number of sulfonamides is 1. The minimum Gasteiger partial charge on any atom is -0.326 e. The highest BCUT2D eigenvalue weighted by Gasteiger charge is 2.42. The van der Waals surface area contributed by atoms with Crippen molar-refractivity contribution < 1.29 is 26.0 Å². The van der Waals surface area contributed by atoms with Gasteiger partial charge in [-0.2, -0.15) is 13.9 Å². The molecule has 4 aromatic rings. The molecular weight excluding hydrogens is 604 g/mol. The van der Waals surface area contributed by atoms with Crippen LogP contribution in [0.3, 0.4) is 0 Å². The Balaban J connectivity index is 1.49. The van der Waals surface area contributed by atoms with Gasteiger partial charge in [0.2, 0.25) is 10.0 Å². The average molecular weight is 623 g/mol. The van der Waals surface area contributed by atoms with Gasteiger partial charge in [-0.05, 0) is 36.4 Å². The number of alkyl halides is 2. The van der Waals surface area contributed by atoms with E-state index in [0.717, 1.165) is 24.4 Å². The number of rotatable bonds is 7. The van der Waals surface area contributed by atoms with Crippen LogP contribution in [-0.2, 0) is 10.0 Å². The SMILES string of the molecule is O=S(=O)(N[C@H]1CC2=C(c3ccn(C(F)F)n3)[C@H](c3ccc(F)cc3Cl)N=C(c3nccs3)N2C1)c1cccc(F)c1. The standard InChI is InChI=1S/C26H19ClF4N6O2S2/c27-19-11-15(29)4-5-18(19)23-22(20-6-8-37(34-20)26(30)31)21-12-16(13-36(21)24(33-23)25-32-7-9-40-25)35-41(38,39)17-3-1-2-14(28)10-17/h1-11,16,23,26,35H,12-13H2/t16-,23-/m0/s1. The number of hydrogen-bond donors (Lipinski definition) is 1. The molecule has 0 aliphatic carbocycles. The lowest BCUT2D eigenvalue weighted by Crippen LogP contribution is -2.39. The van der Waals surface area contributed by atoms with Crippen molar-refractivity contribution in [1.82, 2.24) is 24.4 Å². The summed E-state index contributed by atoms with van der Waals surface area (Å²) in [6, 6.07) is 8.25. The number of benzene rings is 2. The molecule has 0 bridgehead atoms. The number of nitrogens with one attached hydrogen (secondary N) is 1. The van der Waals surface area contributed by atoms with E-state index >= 15 is 0 Å². The van der Waals surface area contributed by atoms with Crippen LogP contribution in [0.15, 0.2) is 81.9 Å². The van der Waals surface area contributed by atoms with E-state index in [1.54, 1.807) is 16.5 Å². The normalized spacial score (nSPS) is 19.2. The zero-order valence-electron chi connectivity index (χ0n) is 20.8. The Morgan fingerprint density at radius 1 is 1.10 bits per heavy atom. The lowest BCUT2D eigenvalue weighted by atomic mass is 9.92. The summed E-state index contributed by atoms with van der Waals surface area (Å²) in [5, 5.41) is 6.41. The van der Waals surface area contributed by atoms with Crippen LogP contribution in [0.5, 0.6) is 0 Å². The minimum absolute atomic E-state index is 0.0680. The fourth-order valence-corrected chi connectivity index (χ4v) is 7.12. The number of hydrogen-bond acceptors (Lipinski definition) is 7. The smallest absolute Gasteiger partial charge is 0.326 e. The van der Waals surface area contributed by atoms with Crippen molar-refractivity contribution in [2.24, 2.45) is 4.99 Å². The second kappa shape index (κ2) is 10.7. The number of aliphatic imine (C=N–C) groups is 1. The molecule has 0 spiro atoms. The van der Waals surface area contributed by atoms with Crippen LogP contribution in [0.4, 0.5) is 17.6 Å². The number of amidine groups is 1. The molecule has 1 saturated heterocycles. The van der Waals surface area contributed by atoms with Crippen molar-refractivity contribution in [3.8, 4) is 0 Å². The van der Waals surface area contributed by atoms with E-state index in [1.165, 1.54) is 41.7 Å². The van der Waals surface area contributed by atoms with E-state index < -0.39 is 40.3 Å². The zero-order valence-corrected chi connectivity index (χ0v) is 23.1. The number of halogens is 5. The second-order valence-electron chi connectivity index (χ2n) is 9.27. The Morgan fingerprint density at radius 2 is 1.90 bits per heavy atom.